The maximum absolute atomic E-state index is 12.0. The minimum absolute atomic E-state index is 0.147. The number of nitrogens with zero attached hydrogens (tertiary/aromatic N) is 1. The first kappa shape index (κ1) is 14.6. The van der Waals surface area contributed by atoms with Crippen molar-refractivity contribution in [1.82, 2.24) is 0 Å². The van der Waals surface area contributed by atoms with Crippen molar-refractivity contribution in [3.63, 3.8) is 0 Å². The van der Waals surface area contributed by atoms with Crippen LogP contribution in [-0.4, -0.2) is 25.2 Å². The largest absolute Gasteiger partial charge is 0.381 e. The Morgan fingerprint density at radius 1 is 1.24 bits per heavy atom. The molecule has 0 bridgehead atoms. The van der Waals surface area contributed by atoms with Gasteiger partial charge in [0.1, 0.15) is 0 Å². The summed E-state index contributed by atoms with van der Waals surface area (Å²) in [5.41, 5.74) is 3.87. The molecule has 0 aromatic heterocycles. The highest BCUT2D eigenvalue weighted by Gasteiger charge is 2.31. The Balaban J connectivity index is 1.94. The zero-order valence-corrected chi connectivity index (χ0v) is 13.3. The van der Waals surface area contributed by atoms with E-state index >= 15 is 0 Å². The number of ether oxygens (including phenoxy) is 1. The Labute approximate surface area is 127 Å². The summed E-state index contributed by atoms with van der Waals surface area (Å²) in [5.74, 6) is 1.27. The topological polar surface area (TPSA) is 29.5 Å². The monoisotopic (exact) mass is 287 g/mol. The van der Waals surface area contributed by atoms with Crippen LogP contribution in [0.25, 0.3) is 0 Å². The number of fused-ring (bicyclic) bond motifs is 1. The molecule has 1 fully saturated rings. The lowest BCUT2D eigenvalue weighted by atomic mass is 9.84. The van der Waals surface area contributed by atoms with Crippen molar-refractivity contribution in [2.24, 2.45) is 5.92 Å². The Morgan fingerprint density at radius 2 is 1.95 bits per heavy atom. The molecule has 1 aromatic rings. The molecule has 0 unspecified atom stereocenters. The predicted molar refractivity (Wildman–Crippen MR) is 84.7 cm³/mol. The van der Waals surface area contributed by atoms with Gasteiger partial charge in [0.05, 0.1) is 0 Å². The smallest absolute Gasteiger partial charge is 0.224 e. The van der Waals surface area contributed by atoms with Gasteiger partial charge in [-0.05, 0) is 55.2 Å². The summed E-state index contributed by atoms with van der Waals surface area (Å²) in [6.07, 6.45) is 3.29. The van der Waals surface area contributed by atoms with Crippen molar-refractivity contribution in [3.05, 3.63) is 29.3 Å². The van der Waals surface area contributed by atoms with Gasteiger partial charge in [-0.15, -0.1) is 0 Å². The molecule has 2 heterocycles. The molecule has 114 valence electrons. The number of rotatable bonds is 1. The van der Waals surface area contributed by atoms with Crippen molar-refractivity contribution in [2.75, 3.05) is 18.1 Å². The van der Waals surface area contributed by atoms with Gasteiger partial charge in [0.25, 0.3) is 0 Å². The number of hydrogen-bond acceptors (Lipinski definition) is 2. The molecule has 1 saturated heterocycles. The molecule has 0 N–H and O–H groups in total. The maximum Gasteiger partial charge on any atom is 0.224 e. The first-order valence-electron chi connectivity index (χ1n) is 8.08. The molecular formula is C18H25NO2. The van der Waals surface area contributed by atoms with Crippen molar-refractivity contribution in [2.45, 2.75) is 52.0 Å². The fourth-order valence-electron chi connectivity index (χ4n) is 3.74. The van der Waals surface area contributed by atoms with Gasteiger partial charge in [-0.3, -0.25) is 4.79 Å². The van der Waals surface area contributed by atoms with E-state index < -0.39 is 0 Å². The van der Waals surface area contributed by atoms with E-state index in [0.717, 1.165) is 38.2 Å². The lowest BCUT2D eigenvalue weighted by Crippen LogP contribution is -2.45. The summed E-state index contributed by atoms with van der Waals surface area (Å²) in [7, 11) is 0. The molecule has 1 amide bonds. The number of benzene rings is 1. The molecule has 3 rings (SSSR count). The van der Waals surface area contributed by atoms with Gasteiger partial charge in [-0.25, -0.2) is 0 Å². The molecule has 1 aromatic carbocycles. The van der Waals surface area contributed by atoms with Gasteiger partial charge in [0, 0.05) is 31.9 Å². The minimum atomic E-state index is 0.147. The van der Waals surface area contributed by atoms with E-state index in [2.05, 4.69) is 32.0 Å². The summed E-state index contributed by atoms with van der Waals surface area (Å²) < 4.78 is 5.46. The van der Waals surface area contributed by atoms with E-state index in [1.54, 1.807) is 6.92 Å². The Kier molecular flexibility index (Phi) is 4.03. The summed E-state index contributed by atoms with van der Waals surface area (Å²) in [6, 6.07) is 6.99. The number of carbonyl (C=O) groups is 1. The molecule has 3 heteroatoms. The van der Waals surface area contributed by atoms with E-state index in [9.17, 15) is 4.79 Å². The second-order valence-corrected chi connectivity index (χ2v) is 6.59. The van der Waals surface area contributed by atoms with Gasteiger partial charge >= 0.3 is 0 Å². The van der Waals surface area contributed by atoms with Crippen molar-refractivity contribution in [1.29, 1.82) is 0 Å². The van der Waals surface area contributed by atoms with Crippen LogP contribution >= 0.6 is 0 Å². The summed E-state index contributed by atoms with van der Waals surface area (Å²) >= 11 is 0. The average molecular weight is 287 g/mol. The number of anilines is 1. The second kappa shape index (κ2) is 5.80. The zero-order chi connectivity index (χ0) is 15.0. The fraction of sp³-hybridized carbons (Fsp3) is 0.611. The lowest BCUT2D eigenvalue weighted by Gasteiger charge is -2.39. The quantitative estimate of drug-likeness (QED) is 0.791. The Bertz CT molecular complexity index is 534. The second-order valence-electron chi connectivity index (χ2n) is 6.59. The molecule has 3 nitrogen and oxygen atoms in total. The molecule has 2 aliphatic rings. The molecule has 2 aliphatic heterocycles. The van der Waals surface area contributed by atoms with Gasteiger partial charge in [0.15, 0.2) is 0 Å². The summed E-state index contributed by atoms with van der Waals surface area (Å²) in [5, 5.41) is 0. The Hall–Kier alpha value is -1.35. The van der Waals surface area contributed by atoms with E-state index in [1.807, 2.05) is 4.90 Å². The molecule has 0 aliphatic carbocycles. The molecule has 21 heavy (non-hydrogen) atoms. The molecular weight excluding hydrogens is 262 g/mol. The van der Waals surface area contributed by atoms with Crippen LogP contribution in [0.5, 0.6) is 0 Å². The van der Waals surface area contributed by atoms with Crippen LogP contribution in [0.4, 0.5) is 5.69 Å². The van der Waals surface area contributed by atoms with Gasteiger partial charge in [0.2, 0.25) is 5.91 Å². The van der Waals surface area contributed by atoms with Gasteiger partial charge in [-0.1, -0.05) is 19.1 Å². The normalized spacial score (nSPS) is 26.5. The zero-order valence-electron chi connectivity index (χ0n) is 13.3. The molecule has 0 spiro atoms. The summed E-state index contributed by atoms with van der Waals surface area (Å²) in [6.45, 7) is 7.81. The van der Waals surface area contributed by atoms with Crippen LogP contribution in [0.1, 0.15) is 50.7 Å². The molecule has 2 atom stereocenters. The van der Waals surface area contributed by atoms with Crippen LogP contribution in [0, 0.1) is 5.92 Å². The van der Waals surface area contributed by atoms with Crippen molar-refractivity contribution < 1.29 is 9.53 Å². The van der Waals surface area contributed by atoms with E-state index in [-0.39, 0.29) is 11.9 Å². The van der Waals surface area contributed by atoms with Crippen LogP contribution < -0.4 is 4.90 Å². The van der Waals surface area contributed by atoms with Crippen molar-refractivity contribution >= 4 is 11.6 Å². The number of amides is 1. The first-order chi connectivity index (χ1) is 10.1. The lowest BCUT2D eigenvalue weighted by molar-refractivity contribution is -0.117. The fourth-order valence-corrected chi connectivity index (χ4v) is 3.74. The van der Waals surface area contributed by atoms with E-state index in [1.165, 1.54) is 11.1 Å². The molecule has 0 radical (unpaired) electrons. The van der Waals surface area contributed by atoms with E-state index in [4.69, 9.17) is 4.74 Å². The van der Waals surface area contributed by atoms with Gasteiger partial charge < -0.3 is 9.64 Å². The van der Waals surface area contributed by atoms with Crippen molar-refractivity contribution in [3.8, 4) is 0 Å². The highest BCUT2D eigenvalue weighted by atomic mass is 16.5. The Morgan fingerprint density at radius 3 is 2.62 bits per heavy atom. The maximum atomic E-state index is 12.0. The molecule has 0 saturated carbocycles. The van der Waals surface area contributed by atoms with Gasteiger partial charge in [-0.2, -0.15) is 0 Å². The SMILES string of the molecule is CC(=O)N1c2ccc(C3CCOCC3)cc2C[C@@H](C)[C@@H]1C. The number of carbonyl (C=O) groups excluding carboxylic acids is 1. The standard InChI is InChI=1S/C18H25NO2/c1-12-10-17-11-16(15-6-8-21-9-7-15)4-5-18(17)19(13(12)2)14(3)20/h4-5,11-13,15H,6-10H2,1-3H3/t12-,13+/m1/s1. The van der Waals surface area contributed by atoms with E-state index in [0.29, 0.717) is 11.8 Å². The third kappa shape index (κ3) is 2.71. The highest BCUT2D eigenvalue weighted by molar-refractivity contribution is 5.93. The number of hydrogen-bond donors (Lipinski definition) is 0. The van der Waals surface area contributed by atoms with Crippen LogP contribution in [0.3, 0.4) is 0 Å². The first-order valence-corrected chi connectivity index (χ1v) is 8.08. The van der Waals surface area contributed by atoms with Crippen LogP contribution in [0.15, 0.2) is 18.2 Å². The third-order valence-corrected chi connectivity index (χ3v) is 5.17. The average Bonchev–Trinajstić information content (AvgIpc) is 2.48. The predicted octanol–water partition coefficient (Wildman–Crippen LogP) is 3.51. The van der Waals surface area contributed by atoms with Crippen LogP contribution in [0.2, 0.25) is 0 Å². The summed E-state index contributed by atoms with van der Waals surface area (Å²) in [4.78, 5) is 14.0. The highest BCUT2D eigenvalue weighted by Crippen LogP contribution is 2.37. The third-order valence-electron chi connectivity index (χ3n) is 5.17. The van der Waals surface area contributed by atoms with Crippen LogP contribution in [-0.2, 0) is 16.0 Å². The minimum Gasteiger partial charge on any atom is -0.381 e.